The van der Waals surface area contributed by atoms with Gasteiger partial charge in [0.1, 0.15) is 0 Å². The summed E-state index contributed by atoms with van der Waals surface area (Å²) in [7, 11) is 1.90. The minimum atomic E-state index is -0.474. The van der Waals surface area contributed by atoms with Crippen LogP contribution in [-0.4, -0.2) is 24.3 Å². The summed E-state index contributed by atoms with van der Waals surface area (Å²) < 4.78 is 0. The molecule has 12 heavy (non-hydrogen) atoms. The van der Waals surface area contributed by atoms with E-state index in [1.165, 1.54) is 0 Å². The van der Waals surface area contributed by atoms with Gasteiger partial charge in [-0.05, 0) is 31.2 Å². The minimum Gasteiger partial charge on any atom is -0.388 e. The van der Waals surface area contributed by atoms with E-state index in [2.05, 4.69) is 26.1 Å². The molecule has 2 atom stereocenters. The zero-order valence-electron chi connectivity index (χ0n) is 8.65. The Balaban J connectivity index is 2.67. The number of hydrogen-bond donors (Lipinski definition) is 2. The summed E-state index contributed by atoms with van der Waals surface area (Å²) in [5.74, 6) is 0.417. The lowest BCUT2D eigenvalue weighted by atomic mass is 9.89. The van der Waals surface area contributed by atoms with Crippen LogP contribution in [-0.2, 0) is 0 Å². The second-order valence-corrected chi connectivity index (χ2v) is 5.08. The molecule has 1 saturated carbocycles. The first-order chi connectivity index (χ1) is 5.40. The number of nitrogens with one attached hydrogen (secondary N) is 1. The Kier molecular flexibility index (Phi) is 2.50. The van der Waals surface area contributed by atoms with Crippen molar-refractivity contribution in [2.45, 2.75) is 39.2 Å². The highest BCUT2D eigenvalue weighted by Crippen LogP contribution is 2.46. The molecular formula is C10H21NO. The smallest absolute Gasteiger partial charge is 0.0802 e. The summed E-state index contributed by atoms with van der Waals surface area (Å²) in [6, 6.07) is 0. The molecule has 1 fully saturated rings. The predicted octanol–water partition coefficient (Wildman–Crippen LogP) is 1.39. The van der Waals surface area contributed by atoms with Crippen LogP contribution < -0.4 is 5.32 Å². The van der Waals surface area contributed by atoms with E-state index in [0.717, 1.165) is 19.4 Å². The van der Waals surface area contributed by atoms with Crippen LogP contribution in [0, 0.1) is 11.3 Å². The second kappa shape index (κ2) is 3.00. The largest absolute Gasteiger partial charge is 0.388 e. The van der Waals surface area contributed by atoms with Crippen molar-refractivity contribution in [2.24, 2.45) is 11.3 Å². The molecule has 0 aromatic carbocycles. The Morgan fingerprint density at radius 3 is 2.42 bits per heavy atom. The Morgan fingerprint density at radius 2 is 2.08 bits per heavy atom. The Hall–Kier alpha value is -0.0800. The molecule has 1 rings (SSSR count). The van der Waals surface area contributed by atoms with Gasteiger partial charge in [-0.3, -0.25) is 0 Å². The van der Waals surface area contributed by atoms with Gasteiger partial charge in [0.15, 0.2) is 0 Å². The molecule has 0 spiro atoms. The maximum atomic E-state index is 10.2. The lowest BCUT2D eigenvalue weighted by Gasteiger charge is -2.28. The highest BCUT2D eigenvalue weighted by atomic mass is 16.3. The summed E-state index contributed by atoms with van der Waals surface area (Å²) in [6.07, 6.45) is 2.05. The van der Waals surface area contributed by atoms with E-state index in [0.29, 0.717) is 11.3 Å². The second-order valence-electron chi connectivity index (χ2n) is 5.08. The van der Waals surface area contributed by atoms with Crippen LogP contribution >= 0.6 is 0 Å². The van der Waals surface area contributed by atoms with Crippen molar-refractivity contribution >= 4 is 0 Å². The molecule has 0 aromatic heterocycles. The van der Waals surface area contributed by atoms with E-state index in [1.54, 1.807) is 0 Å². The van der Waals surface area contributed by atoms with Gasteiger partial charge in [-0.2, -0.15) is 0 Å². The van der Waals surface area contributed by atoms with Gasteiger partial charge in [-0.25, -0.2) is 0 Å². The number of likely N-dealkylation sites (N-methyl/N-ethyl adjacent to an activating group) is 1. The SMILES string of the molecule is CNCC1(O)CC(C)(C)CC1C. The van der Waals surface area contributed by atoms with Crippen molar-refractivity contribution in [3.8, 4) is 0 Å². The fourth-order valence-electron chi connectivity index (χ4n) is 2.64. The van der Waals surface area contributed by atoms with Gasteiger partial charge >= 0.3 is 0 Å². The number of hydrogen-bond acceptors (Lipinski definition) is 2. The molecule has 2 N–H and O–H groups in total. The van der Waals surface area contributed by atoms with Gasteiger partial charge in [0, 0.05) is 6.54 Å². The molecule has 72 valence electrons. The molecule has 2 unspecified atom stereocenters. The standard InChI is InChI=1S/C10H21NO/c1-8-5-9(2,3)6-10(8,12)7-11-4/h8,11-12H,5-7H2,1-4H3. The summed E-state index contributed by atoms with van der Waals surface area (Å²) >= 11 is 0. The molecule has 0 radical (unpaired) electrons. The highest BCUT2D eigenvalue weighted by Gasteiger charge is 2.46. The van der Waals surface area contributed by atoms with Crippen molar-refractivity contribution in [3.63, 3.8) is 0 Å². The van der Waals surface area contributed by atoms with Crippen molar-refractivity contribution in [1.29, 1.82) is 0 Å². The van der Waals surface area contributed by atoms with E-state index in [1.807, 2.05) is 7.05 Å². The van der Waals surface area contributed by atoms with Gasteiger partial charge in [0.25, 0.3) is 0 Å². The Bertz CT molecular complexity index is 167. The lowest BCUT2D eigenvalue weighted by molar-refractivity contribution is 0.00661. The molecule has 0 aliphatic heterocycles. The minimum absolute atomic E-state index is 0.311. The van der Waals surface area contributed by atoms with E-state index in [-0.39, 0.29) is 0 Å². The van der Waals surface area contributed by atoms with Crippen molar-refractivity contribution in [1.82, 2.24) is 5.32 Å². The summed E-state index contributed by atoms with van der Waals surface area (Å²) in [5, 5.41) is 13.3. The molecule has 0 saturated heterocycles. The van der Waals surface area contributed by atoms with Crippen LogP contribution in [0.1, 0.15) is 33.6 Å². The van der Waals surface area contributed by atoms with Gasteiger partial charge in [0.2, 0.25) is 0 Å². The van der Waals surface area contributed by atoms with Crippen LogP contribution in [0.2, 0.25) is 0 Å². The Morgan fingerprint density at radius 1 is 1.50 bits per heavy atom. The number of rotatable bonds is 2. The first-order valence-corrected chi connectivity index (χ1v) is 4.77. The Labute approximate surface area is 75.4 Å². The van der Waals surface area contributed by atoms with Crippen molar-refractivity contribution in [3.05, 3.63) is 0 Å². The molecule has 2 nitrogen and oxygen atoms in total. The van der Waals surface area contributed by atoms with Gasteiger partial charge in [0.05, 0.1) is 5.60 Å². The highest BCUT2D eigenvalue weighted by molar-refractivity contribution is 4.99. The molecular weight excluding hydrogens is 150 g/mol. The van der Waals surface area contributed by atoms with Crippen LogP contribution in [0.25, 0.3) is 0 Å². The monoisotopic (exact) mass is 171 g/mol. The predicted molar refractivity (Wildman–Crippen MR) is 51.1 cm³/mol. The van der Waals surface area contributed by atoms with E-state index in [9.17, 15) is 5.11 Å². The number of aliphatic hydroxyl groups is 1. The van der Waals surface area contributed by atoms with Crippen molar-refractivity contribution in [2.75, 3.05) is 13.6 Å². The first-order valence-electron chi connectivity index (χ1n) is 4.77. The normalized spacial score (nSPS) is 40.2. The maximum Gasteiger partial charge on any atom is 0.0802 e. The fraction of sp³-hybridized carbons (Fsp3) is 1.00. The van der Waals surface area contributed by atoms with E-state index < -0.39 is 5.60 Å². The average Bonchev–Trinajstić information content (AvgIpc) is 2.02. The topological polar surface area (TPSA) is 32.3 Å². The zero-order chi connectivity index (χ0) is 9.41. The fourth-order valence-corrected chi connectivity index (χ4v) is 2.64. The van der Waals surface area contributed by atoms with Crippen molar-refractivity contribution < 1.29 is 5.11 Å². The third-order valence-electron chi connectivity index (χ3n) is 3.04. The van der Waals surface area contributed by atoms with E-state index in [4.69, 9.17) is 0 Å². The summed E-state index contributed by atoms with van der Waals surface area (Å²) in [5.41, 5.74) is -0.163. The van der Waals surface area contributed by atoms with Crippen LogP contribution in [0.3, 0.4) is 0 Å². The summed E-state index contributed by atoms with van der Waals surface area (Å²) in [4.78, 5) is 0. The van der Waals surface area contributed by atoms with Gasteiger partial charge < -0.3 is 10.4 Å². The molecule has 1 aliphatic rings. The van der Waals surface area contributed by atoms with Crippen LogP contribution in [0.5, 0.6) is 0 Å². The first kappa shape index (κ1) is 10.0. The molecule has 1 aliphatic carbocycles. The van der Waals surface area contributed by atoms with Crippen LogP contribution in [0.15, 0.2) is 0 Å². The molecule has 0 heterocycles. The quantitative estimate of drug-likeness (QED) is 0.658. The lowest BCUT2D eigenvalue weighted by Crippen LogP contribution is -2.41. The summed E-state index contributed by atoms with van der Waals surface area (Å²) in [6.45, 7) is 7.33. The third-order valence-corrected chi connectivity index (χ3v) is 3.04. The third kappa shape index (κ3) is 1.80. The van der Waals surface area contributed by atoms with Gasteiger partial charge in [-0.15, -0.1) is 0 Å². The van der Waals surface area contributed by atoms with Crippen LogP contribution in [0.4, 0.5) is 0 Å². The van der Waals surface area contributed by atoms with Gasteiger partial charge in [-0.1, -0.05) is 20.8 Å². The zero-order valence-corrected chi connectivity index (χ0v) is 8.65. The molecule has 0 aromatic rings. The molecule has 0 bridgehead atoms. The van der Waals surface area contributed by atoms with E-state index >= 15 is 0 Å². The maximum absolute atomic E-state index is 10.2. The average molecular weight is 171 g/mol. The molecule has 2 heteroatoms. The molecule has 0 amide bonds.